The molecule has 0 amide bonds. The molecule has 37 heavy (non-hydrogen) atoms. The first kappa shape index (κ1) is 22.7. The van der Waals surface area contributed by atoms with Crippen molar-refractivity contribution in [1.82, 2.24) is 0 Å². The number of anilines is 3. The van der Waals surface area contributed by atoms with Crippen LogP contribution in [0.15, 0.2) is 140 Å². The van der Waals surface area contributed by atoms with Gasteiger partial charge in [0.2, 0.25) is 0 Å². The van der Waals surface area contributed by atoms with Crippen molar-refractivity contribution in [3.8, 4) is 11.1 Å². The summed E-state index contributed by atoms with van der Waals surface area (Å²) in [4.78, 5) is 2.25. The maximum atomic E-state index is 6.16. The molecule has 0 bridgehead atoms. The van der Waals surface area contributed by atoms with Crippen LogP contribution in [0.2, 0.25) is 0 Å². The van der Waals surface area contributed by atoms with Crippen molar-refractivity contribution in [2.24, 2.45) is 0 Å². The normalized spacial score (nSPS) is 13.0. The SMILES string of the molecule is c1ccc(-c2ccc(C3=C(c4ccc(N(c5ccccc5)c5ccccc5)cc4)OCCO3)cc2)cc1. The monoisotopic (exact) mass is 481 g/mol. The zero-order chi connectivity index (χ0) is 24.9. The Morgan fingerprint density at radius 1 is 0.351 bits per heavy atom. The van der Waals surface area contributed by atoms with Gasteiger partial charge in [0.05, 0.1) is 0 Å². The molecule has 0 saturated heterocycles. The second kappa shape index (κ2) is 10.5. The lowest BCUT2D eigenvalue weighted by atomic mass is 10.0. The van der Waals surface area contributed by atoms with Gasteiger partial charge in [0, 0.05) is 28.2 Å². The van der Waals surface area contributed by atoms with Gasteiger partial charge in [-0.15, -0.1) is 0 Å². The molecule has 0 atom stereocenters. The molecule has 3 heteroatoms. The third-order valence-electron chi connectivity index (χ3n) is 6.45. The summed E-state index contributed by atoms with van der Waals surface area (Å²) in [5, 5.41) is 0. The van der Waals surface area contributed by atoms with Gasteiger partial charge in [-0.05, 0) is 59.7 Å². The fourth-order valence-electron chi connectivity index (χ4n) is 4.66. The lowest BCUT2D eigenvalue weighted by Crippen LogP contribution is -2.13. The van der Waals surface area contributed by atoms with Crippen LogP contribution in [0.3, 0.4) is 0 Å². The summed E-state index contributed by atoms with van der Waals surface area (Å²) in [5.74, 6) is 1.55. The van der Waals surface area contributed by atoms with Crippen LogP contribution in [-0.4, -0.2) is 13.2 Å². The van der Waals surface area contributed by atoms with E-state index in [1.807, 2.05) is 18.2 Å². The van der Waals surface area contributed by atoms with Crippen LogP contribution >= 0.6 is 0 Å². The summed E-state index contributed by atoms with van der Waals surface area (Å²) < 4.78 is 12.3. The Balaban J connectivity index is 1.34. The Labute approximate surface area is 217 Å². The molecule has 5 aromatic carbocycles. The number of hydrogen-bond donors (Lipinski definition) is 0. The lowest BCUT2D eigenvalue weighted by Gasteiger charge is -2.26. The van der Waals surface area contributed by atoms with Gasteiger partial charge in [-0.3, -0.25) is 0 Å². The van der Waals surface area contributed by atoms with Crippen LogP contribution < -0.4 is 4.90 Å². The van der Waals surface area contributed by atoms with Crippen LogP contribution in [0, 0.1) is 0 Å². The Kier molecular flexibility index (Phi) is 6.42. The zero-order valence-corrected chi connectivity index (χ0v) is 20.5. The van der Waals surface area contributed by atoms with E-state index in [0.29, 0.717) is 13.2 Å². The summed E-state index contributed by atoms with van der Waals surface area (Å²) in [6, 6.07) is 48.2. The van der Waals surface area contributed by atoms with E-state index in [0.717, 1.165) is 39.7 Å². The van der Waals surface area contributed by atoms with Gasteiger partial charge >= 0.3 is 0 Å². The number of hydrogen-bond acceptors (Lipinski definition) is 3. The Morgan fingerprint density at radius 2 is 0.703 bits per heavy atom. The van der Waals surface area contributed by atoms with Gasteiger partial charge < -0.3 is 14.4 Å². The van der Waals surface area contributed by atoms with Gasteiger partial charge in [0.25, 0.3) is 0 Å². The highest BCUT2D eigenvalue weighted by molar-refractivity contribution is 5.86. The first-order valence-electron chi connectivity index (χ1n) is 12.5. The Hall–Kier alpha value is -4.76. The Bertz CT molecular complexity index is 1440. The molecule has 180 valence electrons. The number of nitrogens with zero attached hydrogens (tertiary/aromatic N) is 1. The van der Waals surface area contributed by atoms with Gasteiger partial charge in [-0.1, -0.05) is 91.0 Å². The van der Waals surface area contributed by atoms with Crippen molar-refractivity contribution in [1.29, 1.82) is 0 Å². The molecule has 5 aromatic rings. The third-order valence-corrected chi connectivity index (χ3v) is 6.45. The minimum Gasteiger partial charge on any atom is -0.485 e. The van der Waals surface area contributed by atoms with Gasteiger partial charge in [0.1, 0.15) is 13.2 Å². The third kappa shape index (κ3) is 4.85. The molecule has 3 nitrogen and oxygen atoms in total. The molecule has 6 rings (SSSR count). The van der Waals surface area contributed by atoms with Crippen molar-refractivity contribution in [2.45, 2.75) is 0 Å². The fraction of sp³-hybridized carbons (Fsp3) is 0.0588. The van der Waals surface area contributed by atoms with E-state index in [-0.39, 0.29) is 0 Å². The number of rotatable bonds is 6. The predicted octanol–water partition coefficient (Wildman–Crippen LogP) is 8.70. The highest BCUT2D eigenvalue weighted by atomic mass is 16.6. The summed E-state index contributed by atoms with van der Waals surface area (Å²) in [7, 11) is 0. The number of para-hydroxylation sites is 2. The van der Waals surface area contributed by atoms with E-state index in [2.05, 4.69) is 126 Å². The summed E-state index contributed by atoms with van der Waals surface area (Å²) in [5.41, 5.74) is 7.66. The van der Waals surface area contributed by atoms with E-state index in [9.17, 15) is 0 Å². The van der Waals surface area contributed by atoms with E-state index in [1.165, 1.54) is 11.1 Å². The molecule has 1 aliphatic heterocycles. The molecule has 0 aliphatic carbocycles. The van der Waals surface area contributed by atoms with Crippen LogP contribution in [0.1, 0.15) is 11.1 Å². The van der Waals surface area contributed by atoms with Crippen molar-refractivity contribution in [3.63, 3.8) is 0 Å². The van der Waals surface area contributed by atoms with Crippen molar-refractivity contribution < 1.29 is 9.47 Å². The minimum absolute atomic E-state index is 0.531. The van der Waals surface area contributed by atoms with Crippen LogP contribution in [0.5, 0.6) is 0 Å². The zero-order valence-electron chi connectivity index (χ0n) is 20.5. The highest BCUT2D eigenvalue weighted by Gasteiger charge is 2.20. The van der Waals surface area contributed by atoms with Crippen molar-refractivity contribution in [2.75, 3.05) is 18.1 Å². The van der Waals surface area contributed by atoms with Crippen molar-refractivity contribution >= 4 is 28.6 Å². The van der Waals surface area contributed by atoms with E-state index >= 15 is 0 Å². The van der Waals surface area contributed by atoms with E-state index in [1.54, 1.807) is 0 Å². The molecule has 0 unspecified atom stereocenters. The second-order valence-electron chi connectivity index (χ2n) is 8.85. The van der Waals surface area contributed by atoms with Gasteiger partial charge in [-0.2, -0.15) is 0 Å². The topological polar surface area (TPSA) is 21.7 Å². The van der Waals surface area contributed by atoms with E-state index in [4.69, 9.17) is 9.47 Å². The highest BCUT2D eigenvalue weighted by Crippen LogP contribution is 2.37. The standard InChI is InChI=1S/C34H27NO2/c1-4-10-26(11-5-1)27-16-18-28(19-17-27)33-34(37-25-24-36-33)29-20-22-32(23-21-29)35(30-12-6-2-7-13-30)31-14-8-3-9-15-31/h1-23H,24-25H2. The molecular formula is C34H27NO2. The molecule has 1 heterocycles. The molecule has 0 aromatic heterocycles. The maximum absolute atomic E-state index is 6.16. The van der Waals surface area contributed by atoms with Crippen LogP contribution in [-0.2, 0) is 9.47 Å². The maximum Gasteiger partial charge on any atom is 0.169 e. The lowest BCUT2D eigenvalue weighted by molar-refractivity contribution is 0.143. The smallest absolute Gasteiger partial charge is 0.169 e. The van der Waals surface area contributed by atoms with Gasteiger partial charge in [-0.25, -0.2) is 0 Å². The first-order chi connectivity index (χ1) is 18.4. The molecule has 0 N–H and O–H groups in total. The summed E-state index contributed by atoms with van der Waals surface area (Å²) in [6.45, 7) is 1.07. The quantitative estimate of drug-likeness (QED) is 0.242. The summed E-state index contributed by atoms with van der Waals surface area (Å²) in [6.07, 6.45) is 0. The summed E-state index contributed by atoms with van der Waals surface area (Å²) >= 11 is 0. The second-order valence-corrected chi connectivity index (χ2v) is 8.85. The molecular weight excluding hydrogens is 454 g/mol. The van der Waals surface area contributed by atoms with Gasteiger partial charge in [0.15, 0.2) is 11.5 Å². The average molecular weight is 482 g/mol. The first-order valence-corrected chi connectivity index (χ1v) is 12.5. The number of ether oxygens (including phenoxy) is 2. The Morgan fingerprint density at radius 3 is 1.19 bits per heavy atom. The predicted molar refractivity (Wildman–Crippen MR) is 152 cm³/mol. The van der Waals surface area contributed by atoms with E-state index < -0.39 is 0 Å². The minimum atomic E-state index is 0.531. The van der Waals surface area contributed by atoms with Crippen molar-refractivity contribution in [3.05, 3.63) is 151 Å². The molecule has 0 fully saturated rings. The molecule has 0 saturated carbocycles. The average Bonchev–Trinajstić information content (AvgIpc) is 2.99. The van der Waals surface area contributed by atoms with Crippen LogP contribution in [0.25, 0.3) is 22.6 Å². The molecule has 1 aliphatic rings. The molecule has 0 radical (unpaired) electrons. The number of benzene rings is 5. The fourth-order valence-corrected chi connectivity index (χ4v) is 4.66. The molecule has 0 spiro atoms. The van der Waals surface area contributed by atoms with Crippen LogP contribution in [0.4, 0.5) is 17.1 Å². The largest absolute Gasteiger partial charge is 0.485 e.